The lowest BCUT2D eigenvalue weighted by Crippen LogP contribution is -2.50. The number of nitrogens with zero attached hydrogens (tertiary/aromatic N) is 5. The van der Waals surface area contributed by atoms with Crippen LogP contribution in [0.5, 0.6) is 11.6 Å². The summed E-state index contributed by atoms with van der Waals surface area (Å²) < 4.78 is 26.0. The number of amides is 1. The predicted octanol–water partition coefficient (Wildman–Crippen LogP) is 7.34. The standard InChI is InChI=1S/C39H40FN5O3/c1-3-43-14-15-44(33(47)22-43)21-27-19-32-38(45(27)37-25-11-12-26(37)16-25)31-18-24(9-7-13-41)34(35(40)36(31)42-39(32)48-4-2)30-20-28(46)17-23-8-5-6-10-29(23)30/h5-6,8,10,17-20,25-26,37,46H,3-4,7,9,11-12,14-16,21-22H2,1-2H3/t25-,26+,37?. The highest BCUT2D eigenvalue weighted by atomic mass is 19.1. The van der Waals surface area contributed by atoms with Gasteiger partial charge in [-0.05, 0) is 97.2 Å². The summed E-state index contributed by atoms with van der Waals surface area (Å²) in [4.78, 5) is 22.3. The molecule has 3 heterocycles. The number of benzene rings is 3. The van der Waals surface area contributed by atoms with Crippen molar-refractivity contribution < 1.29 is 19.0 Å². The topological polar surface area (TPSA) is 94.6 Å². The lowest BCUT2D eigenvalue weighted by Gasteiger charge is -2.40. The molecule has 2 bridgehead atoms. The molecule has 1 unspecified atom stereocenters. The van der Waals surface area contributed by atoms with Gasteiger partial charge in [-0.25, -0.2) is 9.37 Å². The number of phenolic OH excluding ortho intramolecular Hbond substituents is 1. The van der Waals surface area contributed by atoms with Crippen LogP contribution in [0.1, 0.15) is 56.8 Å². The number of halogens is 1. The Hall–Kier alpha value is -4.68. The van der Waals surface area contributed by atoms with Crippen molar-refractivity contribution >= 4 is 38.5 Å². The van der Waals surface area contributed by atoms with Gasteiger partial charge in [0.15, 0.2) is 5.82 Å². The Balaban J connectivity index is 1.40. The van der Waals surface area contributed by atoms with E-state index in [9.17, 15) is 15.2 Å². The number of carbonyl (C=O) groups is 1. The van der Waals surface area contributed by atoms with Crippen LogP contribution in [0.4, 0.5) is 4.39 Å². The fourth-order valence-corrected chi connectivity index (χ4v) is 8.72. The average Bonchev–Trinajstić information content (AvgIpc) is 3.82. The van der Waals surface area contributed by atoms with Crippen LogP contribution in [-0.2, 0) is 17.8 Å². The van der Waals surface area contributed by atoms with Crippen molar-refractivity contribution in [1.82, 2.24) is 19.4 Å². The van der Waals surface area contributed by atoms with Gasteiger partial charge in [0.05, 0.1) is 36.7 Å². The van der Waals surface area contributed by atoms with Crippen molar-refractivity contribution in [2.75, 3.05) is 32.8 Å². The number of hydrogen-bond acceptors (Lipinski definition) is 6. The second-order valence-electron chi connectivity index (χ2n) is 13.6. The van der Waals surface area contributed by atoms with E-state index in [1.807, 2.05) is 42.2 Å². The number of aromatic nitrogens is 2. The van der Waals surface area contributed by atoms with Gasteiger partial charge >= 0.3 is 0 Å². The molecule has 9 rings (SSSR count). The van der Waals surface area contributed by atoms with Crippen LogP contribution in [-0.4, -0.2) is 63.2 Å². The number of phenols is 1. The number of aryl methyl sites for hydroxylation is 1. The summed E-state index contributed by atoms with van der Waals surface area (Å²) in [6.45, 7) is 7.60. The van der Waals surface area contributed by atoms with E-state index >= 15 is 4.39 Å². The highest BCUT2D eigenvalue weighted by molar-refractivity contribution is 6.10. The number of rotatable bonds is 9. The zero-order valence-corrected chi connectivity index (χ0v) is 27.5. The summed E-state index contributed by atoms with van der Waals surface area (Å²) in [6.07, 6.45) is 4.08. The highest BCUT2D eigenvalue weighted by Gasteiger charge is 2.49. The van der Waals surface area contributed by atoms with E-state index < -0.39 is 5.82 Å². The Morgan fingerprint density at radius 2 is 1.88 bits per heavy atom. The molecule has 48 heavy (non-hydrogen) atoms. The van der Waals surface area contributed by atoms with Crippen LogP contribution in [0.15, 0.2) is 48.5 Å². The smallest absolute Gasteiger partial charge is 0.237 e. The van der Waals surface area contributed by atoms with Gasteiger partial charge in [-0.1, -0.05) is 31.2 Å². The zero-order valence-electron chi connectivity index (χ0n) is 27.5. The number of nitriles is 1. The average molecular weight is 646 g/mol. The van der Waals surface area contributed by atoms with Crippen LogP contribution >= 0.6 is 0 Å². The Labute approximate surface area is 279 Å². The van der Waals surface area contributed by atoms with Gasteiger partial charge in [-0.15, -0.1) is 0 Å². The van der Waals surface area contributed by atoms with E-state index in [2.05, 4.69) is 28.5 Å². The lowest BCUT2D eigenvalue weighted by atomic mass is 9.78. The Bertz CT molecular complexity index is 2120. The van der Waals surface area contributed by atoms with E-state index in [0.717, 1.165) is 40.5 Å². The van der Waals surface area contributed by atoms with Crippen molar-refractivity contribution in [3.63, 3.8) is 0 Å². The quantitative estimate of drug-likeness (QED) is 0.180. The normalized spacial score (nSPS) is 20.9. The van der Waals surface area contributed by atoms with Gasteiger partial charge in [0.2, 0.25) is 11.8 Å². The minimum Gasteiger partial charge on any atom is -0.508 e. The second-order valence-corrected chi connectivity index (χ2v) is 13.6. The van der Waals surface area contributed by atoms with E-state index in [1.165, 1.54) is 19.3 Å². The van der Waals surface area contributed by atoms with E-state index in [1.54, 1.807) is 12.1 Å². The number of fused-ring (bicyclic) bond motifs is 5. The number of likely N-dealkylation sites (N-methyl/N-ethyl adjacent to an activating group) is 1. The first-order chi connectivity index (χ1) is 23.4. The van der Waals surface area contributed by atoms with Gasteiger partial charge in [-0.2, -0.15) is 5.26 Å². The number of carbonyl (C=O) groups excluding carboxylic acids is 1. The van der Waals surface area contributed by atoms with Crippen LogP contribution in [0, 0.1) is 29.0 Å². The highest BCUT2D eigenvalue weighted by Crippen LogP contribution is 2.58. The minimum atomic E-state index is -0.490. The minimum absolute atomic E-state index is 0.0427. The molecule has 3 saturated carbocycles. The van der Waals surface area contributed by atoms with Crippen molar-refractivity contribution in [3.05, 3.63) is 65.6 Å². The number of ether oxygens (including phenoxy) is 1. The molecule has 3 aliphatic carbocycles. The van der Waals surface area contributed by atoms with Crippen LogP contribution in [0.25, 0.3) is 43.7 Å². The first-order valence-corrected chi connectivity index (χ1v) is 17.3. The molecule has 3 aromatic carbocycles. The van der Waals surface area contributed by atoms with Crippen molar-refractivity contribution in [2.45, 2.75) is 58.5 Å². The number of aromatic hydroxyl groups is 1. The lowest BCUT2D eigenvalue weighted by molar-refractivity contribution is -0.136. The van der Waals surface area contributed by atoms with Gasteiger partial charge in [0.1, 0.15) is 11.3 Å². The molecular weight excluding hydrogens is 605 g/mol. The summed E-state index contributed by atoms with van der Waals surface area (Å²) in [5.41, 5.74) is 3.74. The largest absolute Gasteiger partial charge is 0.508 e. The molecule has 8 nitrogen and oxygen atoms in total. The Morgan fingerprint density at radius 1 is 1.06 bits per heavy atom. The van der Waals surface area contributed by atoms with E-state index in [-0.39, 0.29) is 29.6 Å². The molecule has 9 heteroatoms. The summed E-state index contributed by atoms with van der Waals surface area (Å²) in [6, 6.07) is 17.5. The summed E-state index contributed by atoms with van der Waals surface area (Å²) in [5.74, 6) is 1.13. The Kier molecular flexibility index (Phi) is 7.72. The molecule has 4 fully saturated rings. The maximum Gasteiger partial charge on any atom is 0.237 e. The van der Waals surface area contributed by atoms with Gasteiger partial charge < -0.3 is 19.3 Å². The first-order valence-electron chi connectivity index (χ1n) is 17.3. The number of pyridine rings is 1. The summed E-state index contributed by atoms with van der Waals surface area (Å²) >= 11 is 0. The maximum atomic E-state index is 17.4. The SMILES string of the molecule is CCOc1nc2c(F)c(-c3cc(O)cc4ccccc34)c(CCC#N)cc2c2c1cc(CN1CCN(CC)CC1=O)n2C1[C@@H]2CC[C@H]1C2. The van der Waals surface area contributed by atoms with Gasteiger partial charge in [0, 0.05) is 42.2 Å². The fourth-order valence-electron chi connectivity index (χ4n) is 8.72. The molecule has 1 amide bonds. The molecule has 1 saturated heterocycles. The van der Waals surface area contributed by atoms with Crippen LogP contribution in [0.2, 0.25) is 0 Å². The molecule has 1 N–H and O–H groups in total. The summed E-state index contributed by atoms with van der Waals surface area (Å²) in [5, 5.41) is 23.5. The molecule has 4 aliphatic rings. The van der Waals surface area contributed by atoms with Crippen molar-refractivity contribution in [1.29, 1.82) is 5.26 Å². The van der Waals surface area contributed by atoms with Gasteiger partial charge in [-0.3, -0.25) is 9.69 Å². The van der Waals surface area contributed by atoms with Crippen LogP contribution in [0.3, 0.4) is 0 Å². The molecule has 0 spiro atoms. The molecule has 2 aromatic heterocycles. The number of hydrogen-bond donors (Lipinski definition) is 1. The molecule has 246 valence electrons. The Morgan fingerprint density at radius 3 is 2.60 bits per heavy atom. The maximum absolute atomic E-state index is 17.4. The predicted molar refractivity (Wildman–Crippen MR) is 184 cm³/mol. The number of piperazine rings is 1. The van der Waals surface area contributed by atoms with E-state index in [4.69, 9.17) is 9.72 Å². The molecule has 1 aliphatic heterocycles. The molecule has 5 aromatic rings. The fraction of sp³-hybridized carbons (Fsp3) is 0.410. The summed E-state index contributed by atoms with van der Waals surface area (Å²) in [7, 11) is 0. The molecule has 3 atom stereocenters. The third kappa shape index (κ3) is 4.88. The van der Waals surface area contributed by atoms with E-state index in [0.29, 0.717) is 72.5 Å². The van der Waals surface area contributed by atoms with Crippen molar-refractivity contribution in [3.8, 4) is 28.8 Å². The zero-order chi connectivity index (χ0) is 33.1. The third-order valence-corrected chi connectivity index (χ3v) is 11.0. The molecule has 0 radical (unpaired) electrons. The van der Waals surface area contributed by atoms with Gasteiger partial charge in [0.25, 0.3) is 0 Å². The second kappa shape index (κ2) is 12.1. The monoisotopic (exact) mass is 645 g/mol. The van der Waals surface area contributed by atoms with Crippen molar-refractivity contribution in [2.24, 2.45) is 11.8 Å². The first kappa shape index (κ1) is 30.6. The van der Waals surface area contributed by atoms with Crippen LogP contribution < -0.4 is 4.74 Å². The third-order valence-electron chi connectivity index (χ3n) is 11.0. The molecular formula is C39H40FN5O3.